The first-order chi connectivity index (χ1) is 16.9. The van der Waals surface area contributed by atoms with Gasteiger partial charge in [-0.1, -0.05) is 56.6 Å². The molecule has 0 aliphatic rings. The van der Waals surface area contributed by atoms with Gasteiger partial charge in [0.15, 0.2) is 5.78 Å². The molecule has 194 valence electrons. The molecular formula is C29H38ClN3O3. The van der Waals surface area contributed by atoms with E-state index in [1.54, 1.807) is 12.1 Å². The number of ether oxygens (including phenoxy) is 1. The molecule has 3 N–H and O–H groups in total. The fraction of sp³-hybridized carbons (Fsp3) is 0.448. The summed E-state index contributed by atoms with van der Waals surface area (Å²) in [5.41, 5.74) is 9.86. The number of nitrogens with two attached hydrogens (primary N) is 1. The van der Waals surface area contributed by atoms with Gasteiger partial charge in [0.25, 0.3) is 0 Å². The Hall–Kier alpha value is -2.83. The molecule has 0 saturated heterocycles. The lowest BCUT2D eigenvalue weighted by Gasteiger charge is -2.18. The number of imidazole rings is 1. The lowest BCUT2D eigenvalue weighted by atomic mass is 9.89. The summed E-state index contributed by atoms with van der Waals surface area (Å²) in [4.78, 5) is 17.9. The van der Waals surface area contributed by atoms with E-state index in [-0.39, 0.29) is 47.0 Å². The van der Waals surface area contributed by atoms with E-state index in [1.807, 2.05) is 20.9 Å². The van der Waals surface area contributed by atoms with Crippen LogP contribution in [0.1, 0.15) is 69.2 Å². The van der Waals surface area contributed by atoms with Crippen LogP contribution in [0.25, 0.3) is 11.3 Å². The minimum absolute atomic E-state index is 0.0109. The molecule has 2 aromatic carbocycles. The number of benzene rings is 2. The van der Waals surface area contributed by atoms with E-state index < -0.39 is 0 Å². The Labute approximate surface area is 219 Å². The number of nitrogens with zero attached hydrogens (tertiary/aromatic N) is 2. The van der Waals surface area contributed by atoms with Crippen LogP contribution >= 0.6 is 11.6 Å². The largest absolute Gasteiger partial charge is 0.489 e. The average molecular weight is 512 g/mol. The van der Waals surface area contributed by atoms with Crippen LogP contribution in [0.5, 0.6) is 5.75 Å². The van der Waals surface area contributed by atoms with Crippen LogP contribution < -0.4 is 10.5 Å². The summed E-state index contributed by atoms with van der Waals surface area (Å²) < 4.78 is 7.74. The van der Waals surface area contributed by atoms with Gasteiger partial charge in [0, 0.05) is 42.8 Å². The summed E-state index contributed by atoms with van der Waals surface area (Å²) in [5, 5.41) is 9.88. The number of Topliss-reactive ketones (excluding diaryl/α,β-unsaturated/α-hetero) is 1. The van der Waals surface area contributed by atoms with Crippen LogP contribution in [-0.2, 0) is 18.9 Å². The van der Waals surface area contributed by atoms with Crippen molar-refractivity contribution in [1.29, 1.82) is 0 Å². The van der Waals surface area contributed by atoms with Crippen LogP contribution in [0.4, 0.5) is 5.69 Å². The second kappa shape index (κ2) is 11.5. The standard InChI is InChI=1S/C29H38ClN3O3/c1-18(2)36-25-12-11-22(27(31)26(25)30)24(35)16-20(13-14-34)15-19-7-9-21(10-8-19)23-17-33(6)28(32-23)29(3,4)5/h7-12,17-18,20,34H,13-16,31H2,1-6H3/t20-/m1/s1. The third-order valence-electron chi connectivity index (χ3n) is 6.14. The minimum atomic E-state index is -0.0937. The number of halogens is 1. The fourth-order valence-corrected chi connectivity index (χ4v) is 4.65. The lowest BCUT2D eigenvalue weighted by Crippen LogP contribution is -2.17. The Morgan fingerprint density at radius 3 is 2.39 bits per heavy atom. The molecule has 0 aliphatic carbocycles. The maximum absolute atomic E-state index is 13.1. The maximum atomic E-state index is 13.1. The summed E-state index contributed by atoms with van der Waals surface area (Å²) in [6, 6.07) is 11.6. The zero-order valence-corrected chi connectivity index (χ0v) is 22.9. The van der Waals surface area contributed by atoms with Crippen LogP contribution in [0, 0.1) is 5.92 Å². The first-order valence-corrected chi connectivity index (χ1v) is 12.8. The van der Waals surface area contributed by atoms with E-state index in [1.165, 1.54) is 0 Å². The fourth-order valence-electron chi connectivity index (χ4n) is 4.44. The molecule has 0 fully saturated rings. The Balaban J connectivity index is 1.73. The molecule has 7 heteroatoms. The van der Waals surface area contributed by atoms with Gasteiger partial charge in [0.1, 0.15) is 16.6 Å². The van der Waals surface area contributed by atoms with Gasteiger partial charge in [-0.05, 0) is 50.3 Å². The Bertz CT molecular complexity index is 1190. The number of aliphatic hydroxyl groups excluding tert-OH is 1. The predicted molar refractivity (Wildman–Crippen MR) is 147 cm³/mol. The Morgan fingerprint density at radius 2 is 1.83 bits per heavy atom. The van der Waals surface area contributed by atoms with Gasteiger partial charge in [-0.3, -0.25) is 4.79 Å². The van der Waals surface area contributed by atoms with Gasteiger partial charge in [0.05, 0.1) is 17.5 Å². The van der Waals surface area contributed by atoms with Gasteiger partial charge in [-0.15, -0.1) is 0 Å². The van der Waals surface area contributed by atoms with Gasteiger partial charge in [-0.2, -0.15) is 0 Å². The molecule has 36 heavy (non-hydrogen) atoms. The molecule has 6 nitrogen and oxygen atoms in total. The Morgan fingerprint density at radius 1 is 1.17 bits per heavy atom. The van der Waals surface area contributed by atoms with Crippen molar-refractivity contribution >= 4 is 23.1 Å². The number of anilines is 1. The quantitative estimate of drug-likeness (QED) is 0.249. The lowest BCUT2D eigenvalue weighted by molar-refractivity contribution is 0.0954. The van der Waals surface area contributed by atoms with Gasteiger partial charge in [0.2, 0.25) is 0 Å². The molecule has 0 aliphatic heterocycles. The third-order valence-corrected chi connectivity index (χ3v) is 6.53. The first kappa shape index (κ1) is 27.8. The van der Waals surface area contributed by atoms with Crippen molar-refractivity contribution in [2.75, 3.05) is 12.3 Å². The van der Waals surface area contributed by atoms with Crippen LogP contribution in [0.3, 0.4) is 0 Å². The van der Waals surface area contributed by atoms with Gasteiger partial charge >= 0.3 is 0 Å². The van der Waals surface area contributed by atoms with Gasteiger partial charge in [-0.25, -0.2) is 4.98 Å². The minimum Gasteiger partial charge on any atom is -0.489 e. The number of nitrogen functional groups attached to an aromatic ring is 1. The number of hydrogen-bond donors (Lipinski definition) is 2. The van der Waals surface area contributed by atoms with E-state index in [0.717, 1.165) is 22.6 Å². The molecule has 0 saturated carbocycles. The average Bonchev–Trinajstić information content (AvgIpc) is 3.19. The topological polar surface area (TPSA) is 90.4 Å². The molecule has 0 amide bonds. The highest BCUT2D eigenvalue weighted by atomic mass is 35.5. The molecule has 0 unspecified atom stereocenters. The summed E-state index contributed by atoms with van der Waals surface area (Å²) in [5.74, 6) is 1.38. The molecule has 0 radical (unpaired) electrons. The molecule has 1 heterocycles. The van der Waals surface area contributed by atoms with Crippen molar-refractivity contribution < 1.29 is 14.6 Å². The number of ketones is 1. The van der Waals surface area contributed by atoms with Crippen molar-refractivity contribution in [3.63, 3.8) is 0 Å². The first-order valence-electron chi connectivity index (χ1n) is 12.4. The van der Waals surface area contributed by atoms with Crippen molar-refractivity contribution in [2.45, 2.75) is 65.4 Å². The zero-order chi connectivity index (χ0) is 26.6. The molecule has 3 aromatic rings. The summed E-state index contributed by atoms with van der Waals surface area (Å²) in [6.45, 7) is 10.3. The zero-order valence-electron chi connectivity index (χ0n) is 22.1. The van der Waals surface area contributed by atoms with E-state index in [2.05, 4.69) is 55.8 Å². The maximum Gasteiger partial charge on any atom is 0.165 e. The van der Waals surface area contributed by atoms with E-state index in [0.29, 0.717) is 24.2 Å². The van der Waals surface area contributed by atoms with Crippen LogP contribution in [-0.4, -0.2) is 33.2 Å². The van der Waals surface area contributed by atoms with Gasteiger partial charge < -0.3 is 20.1 Å². The van der Waals surface area contributed by atoms with Crippen LogP contribution in [0.15, 0.2) is 42.6 Å². The molecule has 0 spiro atoms. The molecule has 0 bridgehead atoms. The number of aromatic nitrogens is 2. The normalized spacial score (nSPS) is 12.7. The monoisotopic (exact) mass is 511 g/mol. The number of carbonyl (C=O) groups is 1. The number of aliphatic hydroxyl groups is 1. The SMILES string of the molecule is CC(C)Oc1ccc(C(=O)C[C@H](CCO)Cc2ccc(-c3cn(C)c(C(C)(C)C)n3)cc2)c(N)c1Cl. The number of aryl methyl sites for hydroxylation is 1. The van der Waals surface area contributed by atoms with E-state index >= 15 is 0 Å². The number of hydrogen-bond acceptors (Lipinski definition) is 5. The van der Waals surface area contributed by atoms with E-state index in [9.17, 15) is 9.90 Å². The highest BCUT2D eigenvalue weighted by molar-refractivity contribution is 6.35. The molecule has 1 atom stereocenters. The number of carbonyl (C=O) groups excluding carboxylic acids is 1. The second-order valence-electron chi connectivity index (χ2n) is 10.7. The van der Waals surface area contributed by atoms with Crippen molar-refractivity contribution in [3.8, 4) is 17.0 Å². The highest BCUT2D eigenvalue weighted by Crippen LogP contribution is 2.35. The number of rotatable bonds is 10. The predicted octanol–water partition coefficient (Wildman–Crippen LogP) is 6.22. The highest BCUT2D eigenvalue weighted by Gasteiger charge is 2.22. The summed E-state index contributed by atoms with van der Waals surface area (Å²) in [6.07, 6.45) is 3.45. The molecule has 3 rings (SSSR count). The molecule has 1 aromatic heterocycles. The smallest absolute Gasteiger partial charge is 0.165 e. The summed E-state index contributed by atoms with van der Waals surface area (Å²) >= 11 is 6.37. The van der Waals surface area contributed by atoms with Crippen molar-refractivity contribution in [3.05, 3.63) is 64.6 Å². The molecular weight excluding hydrogens is 474 g/mol. The third kappa shape index (κ3) is 6.68. The van der Waals surface area contributed by atoms with Crippen molar-refractivity contribution in [1.82, 2.24) is 9.55 Å². The van der Waals surface area contributed by atoms with Crippen molar-refractivity contribution in [2.24, 2.45) is 13.0 Å². The Kier molecular flexibility index (Phi) is 8.85. The van der Waals surface area contributed by atoms with E-state index in [4.69, 9.17) is 27.1 Å². The summed E-state index contributed by atoms with van der Waals surface area (Å²) in [7, 11) is 2.02. The van der Waals surface area contributed by atoms with Crippen LogP contribution in [0.2, 0.25) is 5.02 Å². The second-order valence-corrected chi connectivity index (χ2v) is 11.1.